The highest BCUT2D eigenvalue weighted by Crippen LogP contribution is 2.36. The Balaban J connectivity index is 2.06. The first-order valence-corrected chi connectivity index (χ1v) is 13.1. The molecule has 0 spiro atoms. The Bertz CT molecular complexity index is 911. The molecule has 2 N–H and O–H groups in total. The molecule has 1 fully saturated rings. The molecule has 33 heavy (non-hydrogen) atoms. The Kier molecular flexibility index (Phi) is 9.36. The van der Waals surface area contributed by atoms with Gasteiger partial charge in [-0.15, -0.1) is 11.3 Å². The lowest BCUT2D eigenvalue weighted by molar-refractivity contribution is -0.129. The number of nitrogens with zero attached hydrogens (tertiary/aromatic N) is 1. The maximum absolute atomic E-state index is 14.0. The summed E-state index contributed by atoms with van der Waals surface area (Å²) in [4.78, 5) is 29.8. The van der Waals surface area contributed by atoms with Crippen LogP contribution >= 0.6 is 22.9 Å². The van der Waals surface area contributed by atoms with Gasteiger partial charge in [-0.25, -0.2) is 0 Å². The molecule has 1 saturated carbocycles. The van der Waals surface area contributed by atoms with Crippen molar-refractivity contribution in [1.82, 2.24) is 10.2 Å². The van der Waals surface area contributed by atoms with Crippen molar-refractivity contribution >= 4 is 34.8 Å². The molecule has 0 bridgehead atoms. The van der Waals surface area contributed by atoms with Crippen LogP contribution in [0.4, 0.5) is 0 Å². The van der Waals surface area contributed by atoms with Gasteiger partial charge in [-0.1, -0.05) is 82.0 Å². The lowest BCUT2D eigenvalue weighted by Crippen LogP contribution is -2.56. The molecule has 1 heterocycles. The first kappa shape index (κ1) is 25.7. The van der Waals surface area contributed by atoms with Crippen molar-refractivity contribution in [1.29, 1.82) is 0 Å². The van der Waals surface area contributed by atoms with Crippen LogP contribution in [0.3, 0.4) is 0 Å². The van der Waals surface area contributed by atoms with E-state index in [4.69, 9.17) is 11.6 Å². The maximum atomic E-state index is 14.0. The van der Waals surface area contributed by atoms with Crippen LogP contribution in [-0.2, 0) is 4.79 Å². The summed E-state index contributed by atoms with van der Waals surface area (Å²) >= 11 is 7.37. The van der Waals surface area contributed by atoms with Crippen molar-refractivity contribution in [2.45, 2.75) is 71.0 Å². The number of amides is 2. The number of rotatable bonds is 9. The number of benzene rings is 1. The highest BCUT2D eigenvalue weighted by molar-refractivity contribution is 7.18. The quantitative estimate of drug-likeness (QED) is 0.474. The molecule has 0 saturated heterocycles. The third-order valence-corrected chi connectivity index (χ3v) is 7.66. The molecule has 2 aromatic rings. The number of hydrogen-bond acceptors (Lipinski definition) is 4. The summed E-state index contributed by atoms with van der Waals surface area (Å²) in [6, 6.07) is 12.1. The van der Waals surface area contributed by atoms with E-state index in [-0.39, 0.29) is 36.3 Å². The van der Waals surface area contributed by atoms with E-state index in [1.54, 1.807) is 17.0 Å². The van der Waals surface area contributed by atoms with Crippen molar-refractivity contribution in [2.24, 2.45) is 11.8 Å². The molecular weight excluding hydrogens is 456 g/mol. The van der Waals surface area contributed by atoms with Crippen LogP contribution in [0.15, 0.2) is 42.5 Å². The minimum absolute atomic E-state index is 0.108. The predicted molar refractivity (Wildman–Crippen MR) is 135 cm³/mol. The van der Waals surface area contributed by atoms with E-state index in [0.717, 1.165) is 31.2 Å². The summed E-state index contributed by atoms with van der Waals surface area (Å²) < 4.78 is 0.525. The van der Waals surface area contributed by atoms with E-state index < -0.39 is 12.1 Å². The third kappa shape index (κ3) is 6.37. The van der Waals surface area contributed by atoms with Crippen LogP contribution in [0.1, 0.15) is 74.2 Å². The van der Waals surface area contributed by atoms with E-state index in [9.17, 15) is 14.7 Å². The zero-order valence-corrected chi connectivity index (χ0v) is 21.2. The third-order valence-electron chi connectivity index (χ3n) is 6.44. The van der Waals surface area contributed by atoms with Crippen molar-refractivity contribution < 1.29 is 14.7 Å². The van der Waals surface area contributed by atoms with Gasteiger partial charge < -0.3 is 15.3 Å². The molecule has 0 aliphatic heterocycles. The van der Waals surface area contributed by atoms with Gasteiger partial charge in [-0.2, -0.15) is 0 Å². The Morgan fingerprint density at radius 1 is 1.09 bits per heavy atom. The summed E-state index contributed by atoms with van der Waals surface area (Å²) in [5.74, 6) is -0.752. The first-order chi connectivity index (χ1) is 15.8. The fourth-order valence-electron chi connectivity index (χ4n) is 4.78. The van der Waals surface area contributed by atoms with Gasteiger partial charge in [0.1, 0.15) is 6.04 Å². The second-order valence-electron chi connectivity index (χ2n) is 9.36. The number of thiophene rings is 1. The summed E-state index contributed by atoms with van der Waals surface area (Å²) in [5, 5.41) is 13.4. The van der Waals surface area contributed by atoms with E-state index >= 15 is 0 Å². The summed E-state index contributed by atoms with van der Waals surface area (Å²) in [6.45, 7) is 5.75. The minimum Gasteiger partial charge on any atom is -0.396 e. The molecule has 7 heteroatoms. The van der Waals surface area contributed by atoms with Gasteiger partial charge in [0.25, 0.3) is 5.91 Å². The van der Waals surface area contributed by atoms with Gasteiger partial charge >= 0.3 is 0 Å². The number of carbonyl (C=O) groups is 2. The van der Waals surface area contributed by atoms with Gasteiger partial charge in [-0.05, 0) is 36.5 Å². The standard InChI is InChI=1S/C26H35ClN2O3S/c1-17(2)23(25(31)28-20-12-8-5-9-13-20)29(26(32)21-14-15-22(27)33-21)24(18(3)16-30)19-10-6-4-7-11-19/h4,6-7,10-11,14-15,17-18,20,23-24,30H,5,8-9,12-13,16H2,1-3H3,(H,28,31)/t18-,23+,24+/m1/s1. The SMILES string of the molecule is CC(C)[C@@H](C(=O)NC1CCCCC1)N(C(=O)c1ccc(Cl)s1)[C@H](c1ccccc1)[C@H](C)CO. The highest BCUT2D eigenvalue weighted by Gasteiger charge is 2.41. The van der Waals surface area contributed by atoms with Crippen molar-refractivity contribution in [3.63, 3.8) is 0 Å². The van der Waals surface area contributed by atoms with E-state index in [0.29, 0.717) is 9.21 Å². The first-order valence-electron chi connectivity index (χ1n) is 11.9. The zero-order chi connectivity index (χ0) is 24.0. The number of carbonyl (C=O) groups excluding carboxylic acids is 2. The Morgan fingerprint density at radius 2 is 1.76 bits per heavy atom. The highest BCUT2D eigenvalue weighted by atomic mass is 35.5. The topological polar surface area (TPSA) is 69.6 Å². The van der Waals surface area contributed by atoms with Gasteiger partial charge in [0.15, 0.2) is 0 Å². The van der Waals surface area contributed by atoms with Crippen molar-refractivity contribution in [3.8, 4) is 0 Å². The fourth-order valence-corrected chi connectivity index (χ4v) is 5.77. The van der Waals surface area contributed by atoms with Crippen LogP contribution in [-0.4, -0.2) is 40.5 Å². The summed E-state index contributed by atoms with van der Waals surface area (Å²) in [6.07, 6.45) is 5.37. The molecule has 2 amide bonds. The molecule has 3 rings (SSSR count). The van der Waals surface area contributed by atoms with E-state index in [1.807, 2.05) is 51.1 Å². The Hall–Kier alpha value is -1.89. The normalized spacial score (nSPS) is 17.4. The van der Waals surface area contributed by atoms with Crippen LogP contribution in [0, 0.1) is 11.8 Å². The average Bonchev–Trinajstić information content (AvgIpc) is 3.25. The molecule has 0 unspecified atom stereocenters. The van der Waals surface area contributed by atoms with Crippen LogP contribution in [0.5, 0.6) is 0 Å². The number of halogens is 1. The Morgan fingerprint density at radius 3 is 2.30 bits per heavy atom. The number of nitrogens with one attached hydrogen (secondary N) is 1. The predicted octanol–water partition coefficient (Wildman–Crippen LogP) is 5.69. The number of aliphatic hydroxyl groups excluding tert-OH is 1. The average molecular weight is 491 g/mol. The van der Waals surface area contributed by atoms with Gasteiger partial charge in [-0.3, -0.25) is 9.59 Å². The second-order valence-corrected chi connectivity index (χ2v) is 11.1. The monoisotopic (exact) mass is 490 g/mol. The molecular formula is C26H35ClN2O3S. The largest absolute Gasteiger partial charge is 0.396 e. The molecule has 1 aliphatic rings. The number of hydrogen-bond donors (Lipinski definition) is 2. The lowest BCUT2D eigenvalue weighted by Gasteiger charge is -2.42. The molecule has 0 radical (unpaired) electrons. The Labute approximate surface area is 206 Å². The summed E-state index contributed by atoms with van der Waals surface area (Å²) in [5.41, 5.74) is 0.895. The van der Waals surface area contributed by atoms with Crippen LogP contribution in [0.25, 0.3) is 0 Å². The van der Waals surface area contributed by atoms with Gasteiger partial charge in [0, 0.05) is 18.6 Å². The maximum Gasteiger partial charge on any atom is 0.265 e. The molecule has 1 aromatic carbocycles. The summed E-state index contributed by atoms with van der Waals surface area (Å²) in [7, 11) is 0. The molecule has 180 valence electrons. The van der Waals surface area contributed by atoms with Crippen molar-refractivity contribution in [3.05, 3.63) is 57.2 Å². The number of aliphatic hydroxyl groups is 1. The van der Waals surface area contributed by atoms with Crippen LogP contribution < -0.4 is 5.32 Å². The smallest absolute Gasteiger partial charge is 0.265 e. The zero-order valence-electron chi connectivity index (χ0n) is 19.7. The lowest BCUT2D eigenvalue weighted by atomic mass is 9.88. The van der Waals surface area contributed by atoms with E-state index in [2.05, 4.69) is 5.32 Å². The minimum atomic E-state index is -0.681. The van der Waals surface area contributed by atoms with Crippen molar-refractivity contribution in [2.75, 3.05) is 6.61 Å². The molecule has 5 nitrogen and oxygen atoms in total. The molecule has 1 aliphatic carbocycles. The van der Waals surface area contributed by atoms with E-state index in [1.165, 1.54) is 17.8 Å². The fraction of sp³-hybridized carbons (Fsp3) is 0.538. The van der Waals surface area contributed by atoms with Gasteiger partial charge in [0.05, 0.1) is 15.3 Å². The molecule has 3 atom stereocenters. The van der Waals surface area contributed by atoms with Gasteiger partial charge in [0.2, 0.25) is 5.91 Å². The molecule has 1 aromatic heterocycles. The second kappa shape index (κ2) is 12.0. The van der Waals surface area contributed by atoms with Crippen LogP contribution in [0.2, 0.25) is 4.34 Å².